The highest BCUT2D eigenvalue weighted by atomic mass is 32.1. The van der Waals surface area contributed by atoms with Crippen LogP contribution in [0.5, 0.6) is 11.6 Å². The summed E-state index contributed by atoms with van der Waals surface area (Å²) in [7, 11) is 1.66. The van der Waals surface area contributed by atoms with Gasteiger partial charge in [-0.2, -0.15) is 4.52 Å². The molecule has 1 aromatic carbocycles. The molecular weight excluding hydrogens is 340 g/mol. The zero-order chi connectivity index (χ0) is 17.4. The summed E-state index contributed by atoms with van der Waals surface area (Å²) < 4.78 is 12.3. The minimum Gasteiger partial charge on any atom is -0.497 e. The Bertz CT molecular complexity index is 868. The monoisotopic (exact) mass is 360 g/mol. The third kappa shape index (κ3) is 2.97. The van der Waals surface area contributed by atoms with Crippen molar-refractivity contribution in [1.29, 1.82) is 0 Å². The van der Waals surface area contributed by atoms with Gasteiger partial charge in [0.15, 0.2) is 0 Å². The van der Waals surface area contributed by atoms with Gasteiger partial charge >= 0.3 is 0 Å². The number of nitrogens with zero attached hydrogens (tertiary/aromatic N) is 4. The fraction of sp³-hybridized carbons (Fsp3) is 0.412. The van der Waals surface area contributed by atoms with Crippen molar-refractivity contribution in [2.24, 2.45) is 0 Å². The molecule has 0 unspecified atom stereocenters. The van der Waals surface area contributed by atoms with Crippen molar-refractivity contribution < 1.29 is 14.6 Å². The molecule has 0 radical (unpaired) electrons. The zero-order valence-corrected chi connectivity index (χ0v) is 15.0. The molecule has 1 fully saturated rings. The molecule has 1 aliphatic rings. The topological polar surface area (TPSA) is 72.1 Å². The van der Waals surface area contributed by atoms with Crippen molar-refractivity contribution in [3.8, 4) is 11.6 Å². The van der Waals surface area contributed by atoms with E-state index in [2.05, 4.69) is 15.0 Å². The predicted molar refractivity (Wildman–Crippen MR) is 94.5 cm³/mol. The van der Waals surface area contributed by atoms with E-state index in [9.17, 15) is 5.11 Å². The van der Waals surface area contributed by atoms with Gasteiger partial charge in [0, 0.05) is 13.1 Å². The average molecular weight is 360 g/mol. The highest BCUT2D eigenvalue weighted by Crippen LogP contribution is 2.40. The molecule has 3 aromatic rings. The van der Waals surface area contributed by atoms with Crippen LogP contribution in [0, 0.1) is 6.92 Å². The molecule has 132 valence electrons. The lowest BCUT2D eigenvalue weighted by molar-refractivity contribution is 0.0241. The summed E-state index contributed by atoms with van der Waals surface area (Å²) in [6.07, 6.45) is 0. The Hall–Kier alpha value is -2.16. The van der Waals surface area contributed by atoms with Gasteiger partial charge in [0.2, 0.25) is 10.8 Å². The van der Waals surface area contributed by atoms with Crippen LogP contribution in [0.25, 0.3) is 4.96 Å². The van der Waals surface area contributed by atoms with Crippen LogP contribution in [0.15, 0.2) is 24.3 Å². The first-order valence-corrected chi connectivity index (χ1v) is 9.00. The molecule has 4 rings (SSSR count). The first kappa shape index (κ1) is 16.3. The predicted octanol–water partition coefficient (Wildman–Crippen LogP) is 2.24. The molecule has 0 spiro atoms. The van der Waals surface area contributed by atoms with E-state index in [0.717, 1.165) is 29.3 Å². The summed E-state index contributed by atoms with van der Waals surface area (Å²) >= 11 is 1.48. The molecule has 3 heterocycles. The van der Waals surface area contributed by atoms with Crippen molar-refractivity contribution in [3.63, 3.8) is 0 Å². The molecule has 1 N–H and O–H groups in total. The van der Waals surface area contributed by atoms with Crippen LogP contribution in [0.3, 0.4) is 0 Å². The van der Waals surface area contributed by atoms with Crippen molar-refractivity contribution in [2.45, 2.75) is 13.0 Å². The largest absolute Gasteiger partial charge is 0.497 e. The lowest BCUT2D eigenvalue weighted by atomic mass is 10.0. The molecule has 0 saturated carbocycles. The Labute approximate surface area is 149 Å². The molecule has 25 heavy (non-hydrogen) atoms. The summed E-state index contributed by atoms with van der Waals surface area (Å²) in [4.78, 5) is 8.27. The van der Waals surface area contributed by atoms with Gasteiger partial charge < -0.3 is 14.6 Å². The Kier molecular flexibility index (Phi) is 4.32. The van der Waals surface area contributed by atoms with E-state index in [0.29, 0.717) is 24.0 Å². The van der Waals surface area contributed by atoms with Crippen LogP contribution >= 0.6 is 11.3 Å². The molecule has 0 amide bonds. The van der Waals surface area contributed by atoms with E-state index >= 15 is 0 Å². The third-order valence-corrected chi connectivity index (χ3v) is 5.47. The van der Waals surface area contributed by atoms with Gasteiger partial charge in [0.1, 0.15) is 11.6 Å². The molecule has 8 heteroatoms. The van der Waals surface area contributed by atoms with E-state index in [1.54, 1.807) is 7.11 Å². The highest BCUT2D eigenvalue weighted by molar-refractivity contribution is 7.17. The maximum atomic E-state index is 10.8. The lowest BCUT2D eigenvalue weighted by Gasteiger charge is -2.34. The Morgan fingerprint density at radius 3 is 2.60 bits per heavy atom. The number of hydrogen-bond donors (Lipinski definition) is 1. The highest BCUT2D eigenvalue weighted by Gasteiger charge is 2.30. The number of ether oxygens (including phenoxy) is 2. The lowest BCUT2D eigenvalue weighted by Crippen LogP contribution is -2.39. The minimum absolute atomic E-state index is 0.0661. The van der Waals surface area contributed by atoms with Crippen molar-refractivity contribution in [3.05, 3.63) is 40.5 Å². The third-order valence-electron chi connectivity index (χ3n) is 4.40. The van der Waals surface area contributed by atoms with E-state index < -0.39 is 0 Å². The number of morpholine rings is 1. The second kappa shape index (κ2) is 6.62. The minimum atomic E-state index is -0.0661. The standard InChI is InChI=1S/C17H20N4O3S/c1-11-18-17-21(19-11)16(22)15(25-17)14(20-7-9-24-10-8-20)12-3-5-13(23-2)6-4-12/h3-6,14,22H,7-10H2,1-2H3/t14-/m1/s1. The first-order valence-electron chi connectivity index (χ1n) is 8.18. The van der Waals surface area contributed by atoms with E-state index in [1.807, 2.05) is 31.2 Å². The second-order valence-corrected chi connectivity index (χ2v) is 6.98. The van der Waals surface area contributed by atoms with Crippen LogP contribution in [-0.4, -0.2) is 58.0 Å². The Morgan fingerprint density at radius 1 is 1.24 bits per heavy atom. The number of fused-ring (bicyclic) bond motifs is 1. The summed E-state index contributed by atoms with van der Waals surface area (Å²) in [6.45, 7) is 4.81. The van der Waals surface area contributed by atoms with Gasteiger partial charge in [-0.05, 0) is 24.6 Å². The zero-order valence-electron chi connectivity index (χ0n) is 14.2. The molecule has 1 atom stereocenters. The summed E-state index contributed by atoms with van der Waals surface area (Å²) in [5.41, 5.74) is 1.10. The smallest absolute Gasteiger partial charge is 0.230 e. The molecule has 1 saturated heterocycles. The number of benzene rings is 1. The Balaban J connectivity index is 1.80. The van der Waals surface area contributed by atoms with Crippen molar-refractivity contribution in [2.75, 3.05) is 33.4 Å². The van der Waals surface area contributed by atoms with Crippen LogP contribution in [-0.2, 0) is 4.74 Å². The molecule has 2 aromatic heterocycles. The number of methoxy groups -OCH3 is 1. The Morgan fingerprint density at radius 2 is 1.96 bits per heavy atom. The fourth-order valence-electron chi connectivity index (χ4n) is 3.18. The SMILES string of the molecule is COc1ccc([C@H](c2sc3nc(C)nn3c2O)N2CCOCC2)cc1. The number of hydrogen-bond acceptors (Lipinski definition) is 7. The van der Waals surface area contributed by atoms with E-state index in [1.165, 1.54) is 15.9 Å². The number of aromatic hydroxyl groups is 1. The van der Waals surface area contributed by atoms with Crippen molar-refractivity contribution >= 4 is 16.3 Å². The van der Waals surface area contributed by atoms with Crippen molar-refractivity contribution in [1.82, 2.24) is 19.5 Å². The maximum Gasteiger partial charge on any atom is 0.230 e. The summed E-state index contributed by atoms with van der Waals surface area (Å²) in [5.74, 6) is 1.63. The summed E-state index contributed by atoms with van der Waals surface area (Å²) in [5, 5.41) is 15.0. The first-order chi connectivity index (χ1) is 12.2. The van der Waals surface area contributed by atoms with Crippen LogP contribution in [0.1, 0.15) is 22.3 Å². The van der Waals surface area contributed by atoms with Gasteiger partial charge in [-0.15, -0.1) is 5.10 Å². The van der Waals surface area contributed by atoms with Gasteiger partial charge in [-0.3, -0.25) is 4.90 Å². The number of aryl methyl sites for hydroxylation is 1. The van der Waals surface area contributed by atoms with Crippen LogP contribution < -0.4 is 4.74 Å². The summed E-state index contributed by atoms with van der Waals surface area (Å²) in [6, 6.07) is 7.91. The van der Waals surface area contributed by atoms with Gasteiger partial charge in [0.25, 0.3) is 0 Å². The fourth-order valence-corrected chi connectivity index (χ4v) is 4.34. The van der Waals surface area contributed by atoms with Gasteiger partial charge in [0.05, 0.1) is 31.2 Å². The second-order valence-electron chi connectivity index (χ2n) is 5.97. The average Bonchev–Trinajstić information content (AvgIpc) is 3.15. The molecule has 0 bridgehead atoms. The van der Waals surface area contributed by atoms with E-state index in [4.69, 9.17) is 9.47 Å². The normalized spacial score (nSPS) is 17.0. The number of rotatable bonds is 4. The van der Waals surface area contributed by atoms with E-state index in [-0.39, 0.29) is 11.9 Å². The molecule has 0 aliphatic carbocycles. The number of thiazole rings is 1. The maximum absolute atomic E-state index is 10.8. The molecule has 7 nitrogen and oxygen atoms in total. The number of aromatic nitrogens is 3. The quantitative estimate of drug-likeness (QED) is 0.769. The van der Waals surface area contributed by atoms with Gasteiger partial charge in [-0.1, -0.05) is 23.5 Å². The van der Waals surface area contributed by atoms with Crippen LogP contribution in [0.4, 0.5) is 0 Å². The molecular formula is C17H20N4O3S. The van der Waals surface area contributed by atoms with Crippen LogP contribution in [0.2, 0.25) is 0 Å². The molecule has 1 aliphatic heterocycles. The van der Waals surface area contributed by atoms with Gasteiger partial charge in [-0.25, -0.2) is 4.98 Å².